The molecular weight excluding hydrogens is 210 g/mol. The fourth-order valence-electron chi connectivity index (χ4n) is 1.16. The quantitative estimate of drug-likeness (QED) is 0.744. The van der Waals surface area contributed by atoms with Gasteiger partial charge in [0.05, 0.1) is 12.0 Å². The summed E-state index contributed by atoms with van der Waals surface area (Å²) in [7, 11) is 0. The molecule has 0 aliphatic rings. The van der Waals surface area contributed by atoms with Crippen LogP contribution in [-0.4, -0.2) is 22.0 Å². The summed E-state index contributed by atoms with van der Waals surface area (Å²) in [5.41, 5.74) is 0.285. The fourth-order valence-corrected chi connectivity index (χ4v) is 1.16. The molecule has 2 N–H and O–H groups in total. The van der Waals surface area contributed by atoms with E-state index in [1.807, 2.05) is 0 Å². The van der Waals surface area contributed by atoms with E-state index in [1.165, 1.54) is 18.2 Å². The summed E-state index contributed by atoms with van der Waals surface area (Å²) >= 11 is 0. The first-order chi connectivity index (χ1) is 7.54. The zero-order chi connectivity index (χ0) is 12.1. The van der Waals surface area contributed by atoms with Crippen LogP contribution in [0.4, 0.5) is 0 Å². The Morgan fingerprint density at radius 2 is 2.00 bits per heavy atom. The van der Waals surface area contributed by atoms with Gasteiger partial charge in [-0.1, -0.05) is 0 Å². The number of rotatable bonds is 4. The minimum atomic E-state index is -1.05. The largest absolute Gasteiger partial charge is 0.507 e. The molecule has 1 aromatic rings. The normalized spacial score (nSPS) is 9.44. The van der Waals surface area contributed by atoms with Crippen LogP contribution in [0.5, 0.6) is 5.75 Å². The number of hydrogen-bond acceptors (Lipinski definition) is 4. The number of aliphatic carboxylic acids is 1. The van der Waals surface area contributed by atoms with E-state index in [4.69, 9.17) is 10.4 Å². The van der Waals surface area contributed by atoms with Crippen LogP contribution in [0.3, 0.4) is 0 Å². The molecule has 0 aliphatic carbocycles. The Hall–Kier alpha value is -2.35. The molecule has 82 valence electrons. The van der Waals surface area contributed by atoms with E-state index < -0.39 is 5.97 Å². The average Bonchev–Trinajstić information content (AvgIpc) is 2.25. The second-order valence-electron chi connectivity index (χ2n) is 3.16. The number of nitriles is 1. The SMILES string of the molecule is N#Cc1ccc(C(=O)CCC(=O)O)cc1O. The Morgan fingerprint density at radius 1 is 1.31 bits per heavy atom. The summed E-state index contributed by atoms with van der Waals surface area (Å²) in [6, 6.07) is 5.64. The van der Waals surface area contributed by atoms with E-state index in [1.54, 1.807) is 6.07 Å². The van der Waals surface area contributed by atoms with E-state index in [9.17, 15) is 14.7 Å². The third-order valence-electron chi connectivity index (χ3n) is 2.01. The first kappa shape index (κ1) is 11.7. The van der Waals surface area contributed by atoms with Gasteiger partial charge in [0, 0.05) is 12.0 Å². The average molecular weight is 219 g/mol. The number of benzene rings is 1. The number of carbonyl (C=O) groups is 2. The van der Waals surface area contributed by atoms with Crippen molar-refractivity contribution in [2.24, 2.45) is 0 Å². The van der Waals surface area contributed by atoms with Gasteiger partial charge in [-0.3, -0.25) is 9.59 Å². The van der Waals surface area contributed by atoms with Crippen molar-refractivity contribution in [2.45, 2.75) is 12.8 Å². The van der Waals surface area contributed by atoms with Gasteiger partial charge in [-0.05, 0) is 18.2 Å². The van der Waals surface area contributed by atoms with Gasteiger partial charge in [0.15, 0.2) is 5.78 Å². The van der Waals surface area contributed by atoms with E-state index in [0.717, 1.165) is 0 Å². The van der Waals surface area contributed by atoms with Crippen LogP contribution in [0.25, 0.3) is 0 Å². The van der Waals surface area contributed by atoms with E-state index in [2.05, 4.69) is 0 Å². The van der Waals surface area contributed by atoms with Gasteiger partial charge in [0.1, 0.15) is 11.8 Å². The molecule has 0 spiro atoms. The van der Waals surface area contributed by atoms with E-state index >= 15 is 0 Å². The Labute approximate surface area is 91.6 Å². The summed E-state index contributed by atoms with van der Waals surface area (Å²) in [6.45, 7) is 0. The summed E-state index contributed by atoms with van der Waals surface area (Å²) in [5.74, 6) is -1.70. The number of hydrogen-bond donors (Lipinski definition) is 2. The maximum atomic E-state index is 11.4. The predicted octanol–water partition coefficient (Wildman–Crippen LogP) is 1.31. The number of nitrogens with zero attached hydrogens (tertiary/aromatic N) is 1. The highest BCUT2D eigenvalue weighted by Crippen LogP contribution is 2.18. The highest BCUT2D eigenvalue weighted by Gasteiger charge is 2.10. The zero-order valence-electron chi connectivity index (χ0n) is 8.30. The van der Waals surface area contributed by atoms with Gasteiger partial charge >= 0.3 is 5.97 Å². The van der Waals surface area contributed by atoms with Gasteiger partial charge in [-0.25, -0.2) is 0 Å². The molecule has 1 aromatic carbocycles. The summed E-state index contributed by atoms with van der Waals surface area (Å²) in [6.07, 6.45) is -0.375. The van der Waals surface area contributed by atoms with Gasteiger partial charge in [0.2, 0.25) is 0 Å². The minimum Gasteiger partial charge on any atom is -0.507 e. The van der Waals surface area contributed by atoms with Crippen LogP contribution in [0.1, 0.15) is 28.8 Å². The monoisotopic (exact) mass is 219 g/mol. The minimum absolute atomic E-state index is 0.0785. The topological polar surface area (TPSA) is 98.4 Å². The summed E-state index contributed by atoms with van der Waals surface area (Å²) in [4.78, 5) is 21.7. The van der Waals surface area contributed by atoms with Crippen LogP contribution in [0.15, 0.2) is 18.2 Å². The Morgan fingerprint density at radius 3 is 2.50 bits per heavy atom. The standard InChI is InChI=1S/C11H9NO4/c12-6-8-2-1-7(5-10(8)14)9(13)3-4-11(15)16/h1-2,5,14H,3-4H2,(H,15,16). The molecular formula is C11H9NO4. The Kier molecular flexibility index (Phi) is 3.62. The lowest BCUT2D eigenvalue weighted by Gasteiger charge is -2.01. The molecule has 1 rings (SSSR count). The van der Waals surface area contributed by atoms with Gasteiger partial charge in [-0.2, -0.15) is 5.26 Å². The number of phenolic OH excluding ortho intramolecular Hbond substituents is 1. The predicted molar refractivity (Wildman–Crippen MR) is 54.0 cm³/mol. The van der Waals surface area contributed by atoms with Crippen LogP contribution < -0.4 is 0 Å². The number of phenols is 1. The number of aromatic hydroxyl groups is 1. The maximum absolute atomic E-state index is 11.4. The van der Waals surface area contributed by atoms with Crippen LogP contribution in [-0.2, 0) is 4.79 Å². The van der Waals surface area contributed by atoms with Gasteiger partial charge < -0.3 is 10.2 Å². The first-order valence-corrected chi connectivity index (χ1v) is 4.52. The molecule has 0 unspecified atom stereocenters. The first-order valence-electron chi connectivity index (χ1n) is 4.52. The molecule has 5 nitrogen and oxygen atoms in total. The third kappa shape index (κ3) is 2.82. The molecule has 0 amide bonds. The van der Waals surface area contributed by atoms with Crippen molar-refractivity contribution in [1.29, 1.82) is 5.26 Å². The summed E-state index contributed by atoms with van der Waals surface area (Å²) < 4.78 is 0. The highest BCUT2D eigenvalue weighted by molar-refractivity contribution is 5.97. The molecule has 0 aliphatic heterocycles. The van der Waals surface area contributed by atoms with Crippen molar-refractivity contribution < 1.29 is 19.8 Å². The van der Waals surface area contributed by atoms with Crippen molar-refractivity contribution in [3.05, 3.63) is 29.3 Å². The maximum Gasteiger partial charge on any atom is 0.303 e. The second kappa shape index (κ2) is 4.94. The van der Waals surface area contributed by atoms with Crippen molar-refractivity contribution in [3.8, 4) is 11.8 Å². The van der Waals surface area contributed by atoms with Gasteiger partial charge in [0.25, 0.3) is 0 Å². The molecule has 0 saturated heterocycles. The number of Topliss-reactive ketones (excluding diaryl/α,β-unsaturated/α-hetero) is 1. The van der Waals surface area contributed by atoms with Crippen LogP contribution in [0, 0.1) is 11.3 Å². The van der Waals surface area contributed by atoms with Crippen molar-refractivity contribution in [3.63, 3.8) is 0 Å². The lowest BCUT2D eigenvalue weighted by atomic mass is 10.0. The van der Waals surface area contributed by atoms with Crippen molar-refractivity contribution in [1.82, 2.24) is 0 Å². The molecule has 0 aromatic heterocycles. The molecule has 16 heavy (non-hydrogen) atoms. The Balaban J connectivity index is 2.82. The van der Waals surface area contributed by atoms with Crippen LogP contribution in [0.2, 0.25) is 0 Å². The molecule has 0 radical (unpaired) electrons. The molecule has 5 heteroatoms. The van der Waals surface area contributed by atoms with Gasteiger partial charge in [-0.15, -0.1) is 0 Å². The van der Waals surface area contributed by atoms with E-state index in [0.29, 0.717) is 0 Å². The van der Waals surface area contributed by atoms with E-state index in [-0.39, 0.29) is 35.5 Å². The Bertz CT molecular complexity index is 473. The number of carbonyl (C=O) groups excluding carboxylic acids is 1. The fraction of sp³-hybridized carbons (Fsp3) is 0.182. The summed E-state index contributed by atoms with van der Waals surface area (Å²) in [5, 5.41) is 26.3. The molecule has 0 fully saturated rings. The second-order valence-corrected chi connectivity index (χ2v) is 3.16. The zero-order valence-corrected chi connectivity index (χ0v) is 8.30. The highest BCUT2D eigenvalue weighted by atomic mass is 16.4. The molecule has 0 saturated carbocycles. The third-order valence-corrected chi connectivity index (χ3v) is 2.01. The van der Waals surface area contributed by atoms with Crippen molar-refractivity contribution >= 4 is 11.8 Å². The lowest BCUT2D eigenvalue weighted by molar-refractivity contribution is -0.136. The molecule has 0 atom stereocenters. The number of carboxylic acids is 1. The smallest absolute Gasteiger partial charge is 0.303 e. The van der Waals surface area contributed by atoms with Crippen molar-refractivity contribution in [2.75, 3.05) is 0 Å². The molecule has 0 bridgehead atoms. The number of ketones is 1. The molecule has 0 heterocycles. The van der Waals surface area contributed by atoms with Crippen LogP contribution >= 0.6 is 0 Å². The lowest BCUT2D eigenvalue weighted by Crippen LogP contribution is -2.03. The number of carboxylic acid groups (broad SMARTS) is 1.